The summed E-state index contributed by atoms with van der Waals surface area (Å²) in [6.07, 6.45) is 0. The van der Waals surface area contributed by atoms with Gasteiger partial charge >= 0.3 is 0 Å². The van der Waals surface area contributed by atoms with Gasteiger partial charge in [0.1, 0.15) is 5.82 Å². The monoisotopic (exact) mass is 190 g/mol. The second-order valence-corrected chi connectivity index (χ2v) is 2.91. The van der Waals surface area contributed by atoms with Gasteiger partial charge in [-0.2, -0.15) is 0 Å². The molecule has 0 spiro atoms. The van der Waals surface area contributed by atoms with Crippen molar-refractivity contribution in [1.29, 1.82) is 0 Å². The van der Waals surface area contributed by atoms with E-state index in [1.165, 1.54) is 6.07 Å². The second-order valence-electron chi connectivity index (χ2n) is 2.14. The van der Waals surface area contributed by atoms with Gasteiger partial charge in [0.05, 0.1) is 12.0 Å². The van der Waals surface area contributed by atoms with Gasteiger partial charge in [-0.1, -0.05) is 11.1 Å². The third-order valence-corrected chi connectivity index (χ3v) is 1.88. The van der Waals surface area contributed by atoms with Gasteiger partial charge in [0, 0.05) is 4.90 Å². The first-order chi connectivity index (χ1) is 5.74. The molecule has 0 aliphatic heterocycles. The molecular formula is C7H7FO3S. The summed E-state index contributed by atoms with van der Waals surface area (Å²) in [5.74, 6) is -0.318. The van der Waals surface area contributed by atoms with E-state index in [0.717, 1.165) is 12.0 Å². The van der Waals surface area contributed by atoms with Gasteiger partial charge in [0.25, 0.3) is 0 Å². The molecule has 0 aromatic heterocycles. The van der Waals surface area contributed by atoms with Gasteiger partial charge in [-0.05, 0) is 24.6 Å². The van der Waals surface area contributed by atoms with Crippen LogP contribution in [0.4, 0.5) is 4.39 Å². The van der Waals surface area contributed by atoms with E-state index in [1.807, 2.05) is 0 Å². The summed E-state index contributed by atoms with van der Waals surface area (Å²) >= 11 is 0.731. The molecule has 1 aromatic rings. The van der Waals surface area contributed by atoms with Crippen LogP contribution in [0.3, 0.4) is 0 Å². The molecule has 0 saturated carbocycles. The van der Waals surface area contributed by atoms with Crippen molar-refractivity contribution in [2.45, 2.75) is 11.8 Å². The molecule has 0 radical (unpaired) electrons. The lowest BCUT2D eigenvalue weighted by Gasteiger charge is -1.99. The highest BCUT2D eigenvalue weighted by molar-refractivity contribution is 7.94. The fourth-order valence-corrected chi connectivity index (χ4v) is 1.06. The van der Waals surface area contributed by atoms with E-state index < -0.39 is 0 Å². The van der Waals surface area contributed by atoms with Crippen molar-refractivity contribution in [2.24, 2.45) is 0 Å². The largest absolute Gasteiger partial charge is 0.220 e. The lowest BCUT2D eigenvalue weighted by atomic mass is 10.2. The van der Waals surface area contributed by atoms with E-state index in [2.05, 4.69) is 9.37 Å². The quantitative estimate of drug-likeness (QED) is 0.451. The number of rotatable bonds is 3. The van der Waals surface area contributed by atoms with Crippen molar-refractivity contribution >= 4 is 12.0 Å². The highest BCUT2D eigenvalue weighted by Gasteiger charge is 2.00. The van der Waals surface area contributed by atoms with Crippen LogP contribution in [0, 0.1) is 12.7 Å². The number of aryl methyl sites for hydroxylation is 1. The summed E-state index contributed by atoms with van der Waals surface area (Å²) in [5, 5.41) is 11.2. The van der Waals surface area contributed by atoms with Crippen LogP contribution in [0.25, 0.3) is 0 Å². The highest BCUT2D eigenvalue weighted by Crippen LogP contribution is 2.21. The molecular weight excluding hydrogens is 183 g/mol. The normalized spacial score (nSPS) is 10.2. The Bertz CT molecular complexity index is 267. The summed E-state index contributed by atoms with van der Waals surface area (Å²) in [7, 11) is 0. The second kappa shape index (κ2) is 4.42. The summed E-state index contributed by atoms with van der Waals surface area (Å²) in [6.45, 7) is 1.66. The van der Waals surface area contributed by atoms with E-state index in [0.29, 0.717) is 10.5 Å². The molecule has 0 saturated heterocycles. The summed E-state index contributed by atoms with van der Waals surface area (Å²) in [6, 6.07) is 4.56. The van der Waals surface area contributed by atoms with E-state index in [1.54, 1.807) is 19.1 Å². The summed E-state index contributed by atoms with van der Waals surface area (Å²) < 4.78 is 17.0. The Morgan fingerprint density at radius 3 is 2.83 bits per heavy atom. The molecule has 1 aromatic carbocycles. The van der Waals surface area contributed by atoms with Crippen molar-refractivity contribution in [3.63, 3.8) is 0 Å². The van der Waals surface area contributed by atoms with E-state index in [-0.39, 0.29) is 5.82 Å². The van der Waals surface area contributed by atoms with Gasteiger partial charge in [0.15, 0.2) is 0 Å². The SMILES string of the molecule is Cc1ccc(SOOO)cc1F. The first kappa shape index (κ1) is 9.47. The maximum atomic E-state index is 12.8. The van der Waals surface area contributed by atoms with Crippen LogP contribution in [0.5, 0.6) is 0 Å². The van der Waals surface area contributed by atoms with Gasteiger partial charge in [-0.25, -0.2) is 9.65 Å². The van der Waals surface area contributed by atoms with Crippen LogP contribution in [-0.4, -0.2) is 5.26 Å². The third-order valence-electron chi connectivity index (χ3n) is 1.30. The van der Waals surface area contributed by atoms with Gasteiger partial charge in [-0.15, -0.1) is 4.33 Å². The van der Waals surface area contributed by atoms with Crippen molar-refractivity contribution in [1.82, 2.24) is 0 Å². The zero-order chi connectivity index (χ0) is 8.97. The molecule has 0 unspecified atom stereocenters. The Morgan fingerprint density at radius 1 is 1.50 bits per heavy atom. The molecule has 12 heavy (non-hydrogen) atoms. The summed E-state index contributed by atoms with van der Waals surface area (Å²) in [5.41, 5.74) is 0.560. The zero-order valence-corrected chi connectivity index (χ0v) is 7.10. The van der Waals surface area contributed by atoms with Crippen LogP contribution in [0.15, 0.2) is 23.1 Å². The lowest BCUT2D eigenvalue weighted by Crippen LogP contribution is -1.83. The maximum Gasteiger partial charge on any atom is 0.127 e. The van der Waals surface area contributed by atoms with E-state index in [9.17, 15) is 4.39 Å². The topological polar surface area (TPSA) is 38.7 Å². The molecule has 0 bridgehead atoms. The van der Waals surface area contributed by atoms with Gasteiger partial charge in [0.2, 0.25) is 0 Å². The molecule has 3 nitrogen and oxygen atoms in total. The van der Waals surface area contributed by atoms with Gasteiger partial charge < -0.3 is 0 Å². The van der Waals surface area contributed by atoms with E-state index >= 15 is 0 Å². The average molecular weight is 190 g/mol. The molecule has 0 atom stereocenters. The van der Waals surface area contributed by atoms with Crippen LogP contribution >= 0.6 is 12.0 Å². The van der Waals surface area contributed by atoms with Crippen LogP contribution in [0.1, 0.15) is 5.56 Å². The Morgan fingerprint density at radius 2 is 2.25 bits per heavy atom. The lowest BCUT2D eigenvalue weighted by molar-refractivity contribution is -0.432. The molecule has 1 N–H and O–H groups in total. The fraction of sp³-hybridized carbons (Fsp3) is 0.143. The molecule has 0 amide bonds. The first-order valence-electron chi connectivity index (χ1n) is 3.15. The molecule has 1 rings (SSSR count). The van der Waals surface area contributed by atoms with Crippen LogP contribution < -0.4 is 0 Å². The smallest absolute Gasteiger partial charge is 0.127 e. The molecule has 66 valence electrons. The zero-order valence-electron chi connectivity index (χ0n) is 6.28. The van der Waals surface area contributed by atoms with Crippen molar-refractivity contribution in [3.05, 3.63) is 29.6 Å². The van der Waals surface area contributed by atoms with Crippen molar-refractivity contribution in [2.75, 3.05) is 0 Å². The summed E-state index contributed by atoms with van der Waals surface area (Å²) in [4.78, 5) is 0.521. The molecule has 5 heteroatoms. The Kier molecular flexibility index (Phi) is 3.48. The van der Waals surface area contributed by atoms with E-state index in [4.69, 9.17) is 5.26 Å². The Hall–Kier alpha value is -0.620. The molecule has 0 aliphatic carbocycles. The van der Waals surface area contributed by atoms with Crippen LogP contribution in [0.2, 0.25) is 0 Å². The number of halogens is 1. The molecule has 0 aliphatic rings. The minimum absolute atomic E-state index is 0.318. The Labute approximate surface area is 73.2 Å². The maximum absolute atomic E-state index is 12.8. The van der Waals surface area contributed by atoms with Crippen LogP contribution in [-0.2, 0) is 9.37 Å². The fourth-order valence-electron chi connectivity index (χ4n) is 0.680. The van der Waals surface area contributed by atoms with Crippen molar-refractivity contribution < 1.29 is 19.0 Å². The van der Waals surface area contributed by atoms with Crippen molar-refractivity contribution in [3.8, 4) is 0 Å². The predicted molar refractivity (Wildman–Crippen MR) is 41.8 cm³/mol. The minimum Gasteiger partial charge on any atom is -0.220 e. The van der Waals surface area contributed by atoms with Gasteiger partial charge in [-0.3, -0.25) is 0 Å². The number of hydrogen-bond donors (Lipinski definition) is 1. The number of hydrogen-bond acceptors (Lipinski definition) is 4. The first-order valence-corrected chi connectivity index (χ1v) is 3.89. The molecule has 0 fully saturated rings. The standard InChI is InChI=1S/C7H7FO3S/c1-5-2-3-6(4-7(5)8)12-11-10-9/h2-4,9H,1H3. The molecule has 0 heterocycles. The predicted octanol–water partition coefficient (Wildman–Crippen LogP) is 2.56. The minimum atomic E-state index is -0.318. The highest BCUT2D eigenvalue weighted by atomic mass is 32.2. The average Bonchev–Trinajstić information content (AvgIpc) is 2.07. The number of benzene rings is 1. The Balaban J connectivity index is 2.69. The third kappa shape index (κ3) is 2.46.